The molecule has 0 radical (unpaired) electrons. The van der Waals surface area contributed by atoms with Gasteiger partial charge in [-0.1, -0.05) is 35.3 Å². The molecule has 3 rings (SSSR count). The van der Waals surface area contributed by atoms with Crippen molar-refractivity contribution in [1.82, 2.24) is 9.55 Å². The first-order valence-electron chi connectivity index (χ1n) is 5.35. The van der Waals surface area contributed by atoms with Crippen LogP contribution in [0.1, 0.15) is 0 Å². The first kappa shape index (κ1) is 11.4. The van der Waals surface area contributed by atoms with Gasteiger partial charge >= 0.3 is 0 Å². The molecule has 2 aromatic carbocycles. The number of anilines is 1. The Morgan fingerprint density at radius 3 is 2.61 bits per heavy atom. The Morgan fingerprint density at radius 1 is 1.06 bits per heavy atom. The molecule has 0 fully saturated rings. The zero-order valence-corrected chi connectivity index (χ0v) is 10.8. The second kappa shape index (κ2) is 4.19. The van der Waals surface area contributed by atoms with Crippen molar-refractivity contribution in [3.63, 3.8) is 0 Å². The lowest BCUT2D eigenvalue weighted by Gasteiger charge is -2.07. The molecule has 18 heavy (non-hydrogen) atoms. The summed E-state index contributed by atoms with van der Waals surface area (Å²) in [5.74, 6) is 0.389. The minimum atomic E-state index is 0.389. The fraction of sp³-hybridized carbons (Fsp3) is 0. The van der Waals surface area contributed by atoms with Gasteiger partial charge in [-0.2, -0.15) is 0 Å². The van der Waals surface area contributed by atoms with Gasteiger partial charge in [-0.15, -0.1) is 0 Å². The molecule has 0 aliphatic rings. The Hall–Kier alpha value is -1.71. The maximum absolute atomic E-state index is 6.22. The van der Waals surface area contributed by atoms with E-state index in [4.69, 9.17) is 28.9 Å². The van der Waals surface area contributed by atoms with Crippen LogP contribution in [0.25, 0.3) is 16.7 Å². The number of imidazole rings is 1. The summed E-state index contributed by atoms with van der Waals surface area (Å²) in [5, 5.41) is 1.25. The van der Waals surface area contributed by atoms with Crippen LogP contribution in [0.5, 0.6) is 0 Å². The lowest BCUT2D eigenvalue weighted by molar-refractivity contribution is 1.11. The van der Waals surface area contributed by atoms with Crippen molar-refractivity contribution in [3.8, 4) is 5.69 Å². The van der Waals surface area contributed by atoms with Gasteiger partial charge in [0.25, 0.3) is 0 Å². The number of para-hydroxylation sites is 1. The molecule has 1 heterocycles. The summed E-state index contributed by atoms with van der Waals surface area (Å²) < 4.78 is 1.80. The zero-order valence-electron chi connectivity index (χ0n) is 9.27. The predicted molar refractivity (Wildman–Crippen MR) is 75.5 cm³/mol. The van der Waals surface area contributed by atoms with Crippen molar-refractivity contribution in [2.45, 2.75) is 0 Å². The van der Waals surface area contributed by atoms with Crippen LogP contribution in [0.4, 0.5) is 5.95 Å². The normalized spacial score (nSPS) is 11.0. The Balaban J connectivity index is 2.38. The monoisotopic (exact) mass is 277 g/mol. The molecular weight excluding hydrogens is 269 g/mol. The number of halogens is 2. The van der Waals surface area contributed by atoms with Crippen LogP contribution in [0.15, 0.2) is 42.5 Å². The molecule has 0 unspecified atom stereocenters. The van der Waals surface area contributed by atoms with Crippen molar-refractivity contribution >= 4 is 40.2 Å². The van der Waals surface area contributed by atoms with E-state index in [9.17, 15) is 0 Å². The van der Waals surface area contributed by atoms with Gasteiger partial charge in [-0.25, -0.2) is 4.98 Å². The number of nitrogen functional groups attached to an aromatic ring is 1. The topological polar surface area (TPSA) is 43.8 Å². The van der Waals surface area contributed by atoms with E-state index in [-0.39, 0.29) is 0 Å². The van der Waals surface area contributed by atoms with E-state index in [0.29, 0.717) is 16.0 Å². The average molecular weight is 278 g/mol. The molecule has 2 N–H and O–H groups in total. The first-order chi connectivity index (χ1) is 8.66. The standard InChI is InChI=1S/C13H9Cl2N3/c14-8-3-1-4-9(7-8)18-12-10(15)5-2-6-11(12)17-13(18)16/h1-7H,(H2,16,17). The van der Waals surface area contributed by atoms with Crippen molar-refractivity contribution in [3.05, 3.63) is 52.5 Å². The van der Waals surface area contributed by atoms with Crippen LogP contribution < -0.4 is 5.73 Å². The van der Waals surface area contributed by atoms with Crippen LogP contribution >= 0.6 is 23.2 Å². The predicted octanol–water partition coefficient (Wildman–Crippen LogP) is 3.91. The summed E-state index contributed by atoms with van der Waals surface area (Å²) >= 11 is 12.2. The van der Waals surface area contributed by atoms with E-state index in [1.807, 2.05) is 42.5 Å². The van der Waals surface area contributed by atoms with Crippen molar-refractivity contribution in [1.29, 1.82) is 0 Å². The number of rotatable bonds is 1. The Morgan fingerprint density at radius 2 is 1.83 bits per heavy atom. The molecular formula is C13H9Cl2N3. The molecule has 0 aliphatic heterocycles. The summed E-state index contributed by atoms with van der Waals surface area (Å²) in [6.07, 6.45) is 0. The number of hydrogen-bond donors (Lipinski definition) is 1. The molecule has 90 valence electrons. The number of benzene rings is 2. The summed E-state index contributed by atoms with van der Waals surface area (Å²) in [5.41, 5.74) is 8.35. The van der Waals surface area contributed by atoms with E-state index in [0.717, 1.165) is 16.7 Å². The van der Waals surface area contributed by atoms with Crippen molar-refractivity contribution < 1.29 is 0 Å². The zero-order chi connectivity index (χ0) is 12.7. The lowest BCUT2D eigenvalue weighted by atomic mass is 10.3. The summed E-state index contributed by atoms with van der Waals surface area (Å²) in [6, 6.07) is 12.9. The third-order valence-corrected chi connectivity index (χ3v) is 3.26. The summed E-state index contributed by atoms with van der Waals surface area (Å²) in [4.78, 5) is 4.29. The van der Waals surface area contributed by atoms with Gasteiger partial charge in [-0.05, 0) is 30.3 Å². The number of nitrogens with two attached hydrogens (primary N) is 1. The maximum atomic E-state index is 6.22. The number of fused-ring (bicyclic) bond motifs is 1. The molecule has 0 amide bonds. The number of hydrogen-bond acceptors (Lipinski definition) is 2. The quantitative estimate of drug-likeness (QED) is 0.733. The van der Waals surface area contributed by atoms with E-state index < -0.39 is 0 Å². The van der Waals surface area contributed by atoms with E-state index in [1.54, 1.807) is 4.57 Å². The van der Waals surface area contributed by atoms with Crippen molar-refractivity contribution in [2.24, 2.45) is 0 Å². The molecule has 0 saturated carbocycles. The molecule has 0 aliphatic carbocycles. The van der Waals surface area contributed by atoms with Crippen LogP contribution in [-0.2, 0) is 0 Å². The second-order valence-electron chi connectivity index (χ2n) is 3.89. The fourth-order valence-corrected chi connectivity index (χ4v) is 2.42. The summed E-state index contributed by atoms with van der Waals surface area (Å²) in [6.45, 7) is 0. The average Bonchev–Trinajstić information content (AvgIpc) is 2.67. The first-order valence-corrected chi connectivity index (χ1v) is 6.11. The third kappa shape index (κ3) is 1.72. The third-order valence-electron chi connectivity index (χ3n) is 2.72. The van der Waals surface area contributed by atoms with Gasteiger partial charge in [0.1, 0.15) is 0 Å². The van der Waals surface area contributed by atoms with Gasteiger partial charge in [0.2, 0.25) is 5.95 Å². The Kier molecular flexibility index (Phi) is 2.65. The molecule has 0 spiro atoms. The van der Waals surface area contributed by atoms with E-state index in [2.05, 4.69) is 4.98 Å². The van der Waals surface area contributed by atoms with E-state index >= 15 is 0 Å². The second-order valence-corrected chi connectivity index (χ2v) is 4.74. The summed E-state index contributed by atoms with van der Waals surface area (Å²) in [7, 11) is 0. The largest absolute Gasteiger partial charge is 0.369 e. The Bertz CT molecular complexity index is 734. The molecule has 5 heteroatoms. The number of aromatic nitrogens is 2. The minimum Gasteiger partial charge on any atom is -0.369 e. The molecule has 3 aromatic rings. The molecule has 0 atom stereocenters. The highest BCUT2D eigenvalue weighted by molar-refractivity contribution is 6.35. The van der Waals surface area contributed by atoms with Gasteiger partial charge < -0.3 is 5.73 Å². The van der Waals surface area contributed by atoms with E-state index in [1.165, 1.54) is 0 Å². The SMILES string of the molecule is Nc1nc2cccc(Cl)c2n1-c1cccc(Cl)c1. The highest BCUT2D eigenvalue weighted by Gasteiger charge is 2.12. The fourth-order valence-electron chi connectivity index (χ4n) is 1.98. The smallest absolute Gasteiger partial charge is 0.205 e. The lowest BCUT2D eigenvalue weighted by Crippen LogP contribution is -2.00. The molecule has 0 saturated heterocycles. The van der Waals surface area contributed by atoms with Crippen molar-refractivity contribution in [2.75, 3.05) is 5.73 Å². The molecule has 3 nitrogen and oxygen atoms in total. The minimum absolute atomic E-state index is 0.389. The van der Waals surface area contributed by atoms with Crippen LogP contribution in [-0.4, -0.2) is 9.55 Å². The number of nitrogens with zero attached hydrogens (tertiary/aromatic N) is 2. The molecule has 1 aromatic heterocycles. The van der Waals surface area contributed by atoms with Crippen LogP contribution in [0.3, 0.4) is 0 Å². The van der Waals surface area contributed by atoms with Crippen LogP contribution in [0.2, 0.25) is 10.0 Å². The maximum Gasteiger partial charge on any atom is 0.205 e. The highest BCUT2D eigenvalue weighted by Crippen LogP contribution is 2.29. The van der Waals surface area contributed by atoms with Crippen LogP contribution in [0, 0.1) is 0 Å². The van der Waals surface area contributed by atoms with Gasteiger partial charge in [0.05, 0.1) is 21.7 Å². The van der Waals surface area contributed by atoms with Gasteiger partial charge in [-0.3, -0.25) is 4.57 Å². The van der Waals surface area contributed by atoms with Gasteiger partial charge in [0.15, 0.2) is 0 Å². The Labute approximate surface area is 114 Å². The highest BCUT2D eigenvalue weighted by atomic mass is 35.5. The van der Waals surface area contributed by atoms with Gasteiger partial charge in [0, 0.05) is 5.02 Å². The molecule has 0 bridgehead atoms.